The number of amides is 2. The summed E-state index contributed by atoms with van der Waals surface area (Å²) < 4.78 is 0. The molecule has 0 saturated heterocycles. The van der Waals surface area contributed by atoms with Crippen molar-refractivity contribution in [1.29, 1.82) is 0 Å². The van der Waals surface area contributed by atoms with Crippen LogP contribution in [0.25, 0.3) is 0 Å². The second kappa shape index (κ2) is 7.40. The van der Waals surface area contributed by atoms with Crippen molar-refractivity contribution in [1.82, 2.24) is 10.6 Å². The molecular weight excluding hydrogens is 276 g/mol. The van der Waals surface area contributed by atoms with Gasteiger partial charge in [0.2, 0.25) is 11.8 Å². The number of carbonyl (C=O) groups excluding carboxylic acids is 2. The number of aliphatic hydroxyl groups is 1. The minimum Gasteiger partial charge on any atom is -0.396 e. The summed E-state index contributed by atoms with van der Waals surface area (Å²) in [6.07, 6.45) is 0.196. The quantitative estimate of drug-likeness (QED) is 0.713. The van der Waals surface area contributed by atoms with Gasteiger partial charge in [0.25, 0.3) is 0 Å². The molecule has 2 amide bonds. The van der Waals surface area contributed by atoms with Crippen LogP contribution in [0.3, 0.4) is 0 Å². The lowest BCUT2D eigenvalue weighted by atomic mass is 9.95. The largest absolute Gasteiger partial charge is 0.396 e. The Morgan fingerprint density at radius 1 is 1.45 bits per heavy atom. The van der Waals surface area contributed by atoms with E-state index in [0.717, 1.165) is 4.88 Å². The van der Waals surface area contributed by atoms with E-state index >= 15 is 0 Å². The van der Waals surface area contributed by atoms with Crippen molar-refractivity contribution in [3.05, 3.63) is 22.4 Å². The average molecular weight is 298 g/mol. The van der Waals surface area contributed by atoms with Crippen LogP contribution in [-0.2, 0) is 9.59 Å². The van der Waals surface area contributed by atoms with E-state index in [0.29, 0.717) is 6.54 Å². The van der Waals surface area contributed by atoms with Crippen LogP contribution in [0.1, 0.15) is 38.1 Å². The second-order valence-corrected chi connectivity index (χ2v) is 6.55. The van der Waals surface area contributed by atoms with E-state index in [4.69, 9.17) is 5.11 Å². The molecule has 0 radical (unpaired) electrons. The summed E-state index contributed by atoms with van der Waals surface area (Å²) in [6, 6.07) is 3.49. The van der Waals surface area contributed by atoms with Crippen molar-refractivity contribution in [3.8, 4) is 0 Å². The Bertz CT molecular complexity index is 443. The molecule has 0 aliphatic heterocycles. The predicted octanol–water partition coefficient (Wildman–Crippen LogP) is 1.45. The standard InChI is InChI=1S/C14H22N2O3S/c1-10(18)16-11(12-5-4-6-20-12)7-13(19)15-8-14(2,3)9-17/h4-6,11,17H,7-9H2,1-3H3,(H,15,19)(H,16,18). The van der Waals surface area contributed by atoms with Gasteiger partial charge >= 0.3 is 0 Å². The highest BCUT2D eigenvalue weighted by Gasteiger charge is 2.21. The maximum atomic E-state index is 12.0. The van der Waals surface area contributed by atoms with E-state index in [1.165, 1.54) is 18.3 Å². The predicted molar refractivity (Wildman–Crippen MR) is 79.4 cm³/mol. The molecular formula is C14H22N2O3S. The van der Waals surface area contributed by atoms with Crippen molar-refractivity contribution in [3.63, 3.8) is 0 Å². The molecule has 6 heteroatoms. The average Bonchev–Trinajstić information content (AvgIpc) is 2.89. The molecule has 0 aliphatic rings. The van der Waals surface area contributed by atoms with E-state index in [-0.39, 0.29) is 36.3 Å². The number of carbonyl (C=O) groups is 2. The van der Waals surface area contributed by atoms with Gasteiger partial charge in [-0.05, 0) is 11.4 Å². The molecule has 0 saturated carbocycles. The number of aliphatic hydroxyl groups excluding tert-OH is 1. The van der Waals surface area contributed by atoms with Crippen LogP contribution >= 0.6 is 11.3 Å². The van der Waals surface area contributed by atoms with Crippen molar-refractivity contribution in [2.45, 2.75) is 33.2 Å². The lowest BCUT2D eigenvalue weighted by Gasteiger charge is -2.23. The number of hydrogen-bond acceptors (Lipinski definition) is 4. The number of nitrogens with one attached hydrogen (secondary N) is 2. The molecule has 20 heavy (non-hydrogen) atoms. The number of rotatable bonds is 7. The highest BCUT2D eigenvalue weighted by Crippen LogP contribution is 2.22. The monoisotopic (exact) mass is 298 g/mol. The lowest BCUT2D eigenvalue weighted by molar-refractivity contribution is -0.123. The van der Waals surface area contributed by atoms with Gasteiger partial charge in [-0.25, -0.2) is 0 Å². The molecule has 0 fully saturated rings. The minimum absolute atomic E-state index is 0.00727. The molecule has 0 bridgehead atoms. The Morgan fingerprint density at radius 2 is 2.15 bits per heavy atom. The molecule has 1 rings (SSSR count). The van der Waals surface area contributed by atoms with E-state index in [9.17, 15) is 9.59 Å². The first-order valence-electron chi connectivity index (χ1n) is 6.52. The minimum atomic E-state index is -0.345. The third-order valence-electron chi connectivity index (χ3n) is 2.85. The molecule has 0 aliphatic carbocycles. The molecule has 1 aromatic heterocycles. The Balaban J connectivity index is 2.57. The van der Waals surface area contributed by atoms with Crippen LogP contribution in [0.2, 0.25) is 0 Å². The van der Waals surface area contributed by atoms with Crippen molar-refractivity contribution < 1.29 is 14.7 Å². The van der Waals surface area contributed by atoms with Gasteiger partial charge in [-0.3, -0.25) is 9.59 Å². The van der Waals surface area contributed by atoms with Gasteiger partial charge < -0.3 is 15.7 Å². The molecule has 0 spiro atoms. The van der Waals surface area contributed by atoms with E-state index in [1.54, 1.807) is 0 Å². The molecule has 0 aromatic carbocycles. The first-order chi connectivity index (χ1) is 9.34. The first kappa shape index (κ1) is 16.7. The smallest absolute Gasteiger partial charge is 0.222 e. The topological polar surface area (TPSA) is 78.4 Å². The molecule has 112 valence electrons. The van der Waals surface area contributed by atoms with Crippen LogP contribution in [0.5, 0.6) is 0 Å². The molecule has 1 unspecified atom stereocenters. The highest BCUT2D eigenvalue weighted by atomic mass is 32.1. The summed E-state index contributed by atoms with van der Waals surface area (Å²) in [6.45, 7) is 5.59. The normalized spacial score (nSPS) is 12.8. The van der Waals surface area contributed by atoms with Crippen LogP contribution in [-0.4, -0.2) is 30.1 Å². The van der Waals surface area contributed by atoms with Gasteiger partial charge in [0, 0.05) is 30.4 Å². The summed E-state index contributed by atoms with van der Waals surface area (Å²) in [5.41, 5.74) is -0.345. The summed E-state index contributed by atoms with van der Waals surface area (Å²) in [7, 11) is 0. The van der Waals surface area contributed by atoms with Crippen molar-refractivity contribution >= 4 is 23.2 Å². The van der Waals surface area contributed by atoms with Crippen molar-refractivity contribution in [2.24, 2.45) is 5.41 Å². The molecule has 3 N–H and O–H groups in total. The highest BCUT2D eigenvalue weighted by molar-refractivity contribution is 7.10. The first-order valence-corrected chi connectivity index (χ1v) is 7.40. The Kier molecular flexibility index (Phi) is 6.16. The molecule has 5 nitrogen and oxygen atoms in total. The van der Waals surface area contributed by atoms with Crippen molar-refractivity contribution in [2.75, 3.05) is 13.2 Å². The third kappa shape index (κ3) is 5.71. The van der Waals surface area contributed by atoms with E-state index in [2.05, 4.69) is 10.6 Å². The maximum absolute atomic E-state index is 12.0. The fourth-order valence-electron chi connectivity index (χ4n) is 1.61. The summed E-state index contributed by atoms with van der Waals surface area (Å²) in [5, 5.41) is 16.6. The Hall–Kier alpha value is -1.40. The fourth-order valence-corrected chi connectivity index (χ4v) is 2.39. The zero-order valence-corrected chi connectivity index (χ0v) is 12.9. The zero-order chi connectivity index (χ0) is 15.2. The lowest BCUT2D eigenvalue weighted by Crippen LogP contribution is -2.38. The molecule has 1 aromatic rings. The van der Waals surface area contributed by atoms with Gasteiger partial charge in [-0.15, -0.1) is 11.3 Å². The maximum Gasteiger partial charge on any atom is 0.222 e. The fraction of sp³-hybridized carbons (Fsp3) is 0.571. The van der Waals surface area contributed by atoms with Gasteiger partial charge in [0.1, 0.15) is 0 Å². The van der Waals surface area contributed by atoms with Crippen LogP contribution in [0.4, 0.5) is 0 Å². The van der Waals surface area contributed by atoms with Gasteiger partial charge in [0.15, 0.2) is 0 Å². The summed E-state index contributed by atoms with van der Waals surface area (Å²) >= 11 is 1.51. The second-order valence-electron chi connectivity index (χ2n) is 5.57. The third-order valence-corrected chi connectivity index (χ3v) is 3.83. The number of hydrogen-bond donors (Lipinski definition) is 3. The molecule has 1 heterocycles. The van der Waals surface area contributed by atoms with Gasteiger partial charge in [-0.2, -0.15) is 0 Å². The Morgan fingerprint density at radius 3 is 2.65 bits per heavy atom. The number of thiophene rings is 1. The summed E-state index contributed by atoms with van der Waals surface area (Å²) in [4.78, 5) is 24.1. The SMILES string of the molecule is CC(=O)NC(CC(=O)NCC(C)(C)CO)c1cccs1. The summed E-state index contributed by atoms with van der Waals surface area (Å²) in [5.74, 6) is -0.300. The van der Waals surface area contributed by atoms with E-state index in [1.807, 2.05) is 31.4 Å². The van der Waals surface area contributed by atoms with Gasteiger partial charge in [-0.1, -0.05) is 19.9 Å². The molecule has 1 atom stereocenters. The van der Waals surface area contributed by atoms with E-state index < -0.39 is 0 Å². The van der Waals surface area contributed by atoms with Crippen LogP contribution in [0, 0.1) is 5.41 Å². The Labute approximate surface area is 123 Å². The van der Waals surface area contributed by atoms with Crippen LogP contribution < -0.4 is 10.6 Å². The van der Waals surface area contributed by atoms with Gasteiger partial charge in [0.05, 0.1) is 12.5 Å². The van der Waals surface area contributed by atoms with Crippen LogP contribution in [0.15, 0.2) is 17.5 Å². The zero-order valence-electron chi connectivity index (χ0n) is 12.1.